The van der Waals surface area contributed by atoms with Gasteiger partial charge in [-0.2, -0.15) is 0 Å². The highest BCUT2D eigenvalue weighted by atomic mass is 32.2. The highest BCUT2D eigenvalue weighted by Gasteiger charge is 2.23. The van der Waals surface area contributed by atoms with Crippen molar-refractivity contribution in [3.8, 4) is 5.75 Å². The molecule has 1 amide bonds. The molecule has 116 valence electrons. The molecule has 0 aromatic heterocycles. The van der Waals surface area contributed by atoms with Gasteiger partial charge in [-0.1, -0.05) is 0 Å². The van der Waals surface area contributed by atoms with E-state index in [-0.39, 0.29) is 0 Å². The molecule has 8 heteroatoms. The first-order valence-corrected chi connectivity index (χ1v) is 8.01. The molecule has 0 saturated carbocycles. The second-order valence-corrected chi connectivity index (χ2v) is 6.99. The van der Waals surface area contributed by atoms with Crippen molar-refractivity contribution in [3.63, 3.8) is 0 Å². The maximum absolute atomic E-state index is 11.8. The van der Waals surface area contributed by atoms with Gasteiger partial charge in [-0.3, -0.25) is 4.79 Å². The summed E-state index contributed by atoms with van der Waals surface area (Å²) in [7, 11) is -3.46. The fraction of sp³-hybridized carbons (Fsp3) is 0.385. The van der Waals surface area contributed by atoms with Crippen LogP contribution in [-0.4, -0.2) is 43.5 Å². The lowest BCUT2D eigenvalue weighted by Crippen LogP contribution is -2.32. The van der Waals surface area contributed by atoms with Crippen molar-refractivity contribution in [2.75, 3.05) is 18.2 Å². The van der Waals surface area contributed by atoms with Crippen LogP contribution in [0.5, 0.6) is 5.75 Å². The van der Waals surface area contributed by atoms with Crippen molar-refractivity contribution in [1.82, 2.24) is 0 Å². The van der Waals surface area contributed by atoms with Crippen molar-refractivity contribution in [3.05, 3.63) is 23.8 Å². The summed E-state index contributed by atoms with van der Waals surface area (Å²) in [6.45, 7) is 2.54. The normalized spacial score (nSPS) is 12.5. The number of aryl methyl sites for hydroxylation is 1. The van der Waals surface area contributed by atoms with Crippen LogP contribution in [-0.2, 0) is 19.4 Å². The highest BCUT2D eigenvalue weighted by molar-refractivity contribution is 7.92. The second-order valence-electron chi connectivity index (χ2n) is 4.62. The average molecular weight is 315 g/mol. The zero-order valence-electron chi connectivity index (χ0n) is 11.9. The molecule has 0 spiro atoms. The van der Waals surface area contributed by atoms with Crippen LogP contribution in [0.1, 0.15) is 12.5 Å². The Morgan fingerprint density at radius 3 is 2.48 bits per heavy atom. The van der Waals surface area contributed by atoms with Gasteiger partial charge in [-0.05, 0) is 37.6 Å². The average Bonchev–Trinajstić information content (AvgIpc) is 2.37. The molecule has 1 rings (SSSR count). The molecule has 1 aromatic carbocycles. The van der Waals surface area contributed by atoms with Gasteiger partial charge < -0.3 is 15.2 Å². The van der Waals surface area contributed by atoms with Crippen molar-refractivity contribution in [2.24, 2.45) is 0 Å². The number of carboxylic acid groups (broad SMARTS) is 1. The molecule has 21 heavy (non-hydrogen) atoms. The smallest absolute Gasteiger partial charge is 0.341 e. The molecule has 0 radical (unpaired) electrons. The van der Waals surface area contributed by atoms with E-state index in [1.807, 2.05) is 0 Å². The third-order valence-corrected chi connectivity index (χ3v) is 4.33. The Bertz CT molecular complexity index is 653. The Hall–Kier alpha value is -2.09. The first kappa shape index (κ1) is 17.0. The fourth-order valence-corrected chi connectivity index (χ4v) is 1.89. The summed E-state index contributed by atoms with van der Waals surface area (Å²) in [5, 5.41) is 9.88. The Morgan fingerprint density at radius 2 is 2.00 bits per heavy atom. The third kappa shape index (κ3) is 5.07. The molecule has 0 saturated heterocycles. The Morgan fingerprint density at radius 1 is 1.38 bits per heavy atom. The van der Waals surface area contributed by atoms with Gasteiger partial charge in [-0.15, -0.1) is 0 Å². The summed E-state index contributed by atoms with van der Waals surface area (Å²) in [5.41, 5.74) is 1.07. The van der Waals surface area contributed by atoms with E-state index in [9.17, 15) is 18.0 Å². The van der Waals surface area contributed by atoms with Gasteiger partial charge in [0, 0.05) is 11.9 Å². The van der Waals surface area contributed by atoms with E-state index >= 15 is 0 Å². The molecule has 0 aliphatic heterocycles. The predicted octanol–water partition coefficient (Wildman–Crippen LogP) is 0.830. The zero-order valence-corrected chi connectivity index (χ0v) is 12.7. The molecule has 0 fully saturated rings. The van der Waals surface area contributed by atoms with Crippen LogP contribution in [0.4, 0.5) is 5.69 Å². The van der Waals surface area contributed by atoms with Gasteiger partial charge in [0.2, 0.25) is 5.91 Å². The molecule has 1 aromatic rings. The van der Waals surface area contributed by atoms with E-state index in [4.69, 9.17) is 9.84 Å². The predicted molar refractivity (Wildman–Crippen MR) is 77.2 cm³/mol. The lowest BCUT2D eigenvalue weighted by molar-refractivity contribution is -0.139. The lowest BCUT2D eigenvalue weighted by atomic mass is 10.2. The second kappa shape index (κ2) is 6.57. The number of amides is 1. The van der Waals surface area contributed by atoms with E-state index in [1.165, 1.54) is 19.1 Å². The van der Waals surface area contributed by atoms with E-state index in [1.54, 1.807) is 13.0 Å². The number of aliphatic carboxylic acids is 1. The van der Waals surface area contributed by atoms with Gasteiger partial charge in [-0.25, -0.2) is 13.2 Å². The highest BCUT2D eigenvalue weighted by Crippen LogP contribution is 2.21. The van der Waals surface area contributed by atoms with Crippen LogP contribution in [0.25, 0.3) is 0 Å². The molecule has 2 N–H and O–H groups in total. The minimum atomic E-state index is -3.46. The van der Waals surface area contributed by atoms with Crippen LogP contribution >= 0.6 is 0 Å². The van der Waals surface area contributed by atoms with Gasteiger partial charge in [0.05, 0.1) is 0 Å². The molecule has 0 heterocycles. The third-order valence-electron chi connectivity index (χ3n) is 2.83. The number of anilines is 1. The molecule has 1 atom stereocenters. The molecular weight excluding hydrogens is 298 g/mol. The topological polar surface area (TPSA) is 110 Å². The quantitative estimate of drug-likeness (QED) is 0.804. The Balaban J connectivity index is 2.82. The summed E-state index contributed by atoms with van der Waals surface area (Å²) in [6.07, 6.45) is 0.993. The van der Waals surface area contributed by atoms with E-state index in [2.05, 4.69) is 5.32 Å². The number of hydrogen-bond acceptors (Lipinski definition) is 5. The number of carboxylic acids is 1. The molecule has 1 unspecified atom stereocenters. The van der Waals surface area contributed by atoms with Crippen LogP contribution in [0.2, 0.25) is 0 Å². The largest absolute Gasteiger partial charge is 0.482 e. The summed E-state index contributed by atoms with van der Waals surface area (Å²) in [6, 6.07) is 4.58. The summed E-state index contributed by atoms with van der Waals surface area (Å²) >= 11 is 0. The Kier molecular flexibility index (Phi) is 5.31. The van der Waals surface area contributed by atoms with Crippen LogP contribution in [0.15, 0.2) is 18.2 Å². The summed E-state index contributed by atoms with van der Waals surface area (Å²) < 4.78 is 27.6. The summed E-state index contributed by atoms with van der Waals surface area (Å²) in [5.74, 6) is -1.36. The minimum Gasteiger partial charge on any atom is -0.482 e. The number of nitrogens with one attached hydrogen (secondary N) is 1. The summed E-state index contributed by atoms with van der Waals surface area (Å²) in [4.78, 5) is 22.2. The van der Waals surface area contributed by atoms with E-state index in [0.29, 0.717) is 17.0 Å². The number of rotatable bonds is 6. The number of carbonyl (C=O) groups is 2. The number of ether oxygens (including phenoxy) is 1. The first-order valence-electron chi connectivity index (χ1n) is 6.06. The van der Waals surface area contributed by atoms with Crippen LogP contribution in [0.3, 0.4) is 0 Å². The van der Waals surface area contributed by atoms with Gasteiger partial charge in [0.1, 0.15) is 11.0 Å². The first-order chi connectivity index (χ1) is 9.61. The van der Waals surface area contributed by atoms with Crippen molar-refractivity contribution >= 4 is 27.4 Å². The molecule has 7 nitrogen and oxygen atoms in total. The SMILES string of the molecule is Cc1cc(OCC(=O)O)ccc1NC(=O)C(C)S(C)(=O)=O. The standard InChI is InChI=1S/C13H17NO6S/c1-8-6-10(20-7-12(15)16)4-5-11(8)14-13(17)9(2)21(3,18)19/h4-6,9H,7H2,1-3H3,(H,14,17)(H,15,16). The number of benzene rings is 1. The van der Waals surface area contributed by atoms with Crippen LogP contribution in [0, 0.1) is 6.92 Å². The zero-order chi connectivity index (χ0) is 16.2. The lowest BCUT2D eigenvalue weighted by Gasteiger charge is -2.13. The number of carbonyl (C=O) groups excluding carboxylic acids is 1. The van der Waals surface area contributed by atoms with Gasteiger partial charge in [0.25, 0.3) is 0 Å². The molecule has 0 aliphatic rings. The van der Waals surface area contributed by atoms with Gasteiger partial charge >= 0.3 is 5.97 Å². The maximum atomic E-state index is 11.8. The fourth-order valence-electron chi connectivity index (χ4n) is 1.44. The van der Waals surface area contributed by atoms with Crippen molar-refractivity contribution in [2.45, 2.75) is 19.1 Å². The Labute approximate surface area is 122 Å². The van der Waals surface area contributed by atoms with E-state index in [0.717, 1.165) is 6.26 Å². The molecule has 0 aliphatic carbocycles. The number of sulfone groups is 1. The minimum absolute atomic E-state index is 0.351. The van der Waals surface area contributed by atoms with Crippen molar-refractivity contribution < 1.29 is 27.9 Å². The maximum Gasteiger partial charge on any atom is 0.341 e. The number of hydrogen-bond donors (Lipinski definition) is 2. The van der Waals surface area contributed by atoms with Crippen LogP contribution < -0.4 is 10.1 Å². The monoisotopic (exact) mass is 315 g/mol. The van der Waals surface area contributed by atoms with Gasteiger partial charge in [0.15, 0.2) is 16.4 Å². The van der Waals surface area contributed by atoms with E-state index < -0.39 is 33.6 Å². The van der Waals surface area contributed by atoms with Crippen molar-refractivity contribution in [1.29, 1.82) is 0 Å². The molecular formula is C13H17NO6S. The molecule has 0 bridgehead atoms.